The van der Waals surface area contributed by atoms with Gasteiger partial charge < -0.3 is 15.4 Å². The van der Waals surface area contributed by atoms with E-state index >= 15 is 0 Å². The lowest BCUT2D eigenvalue weighted by atomic mass is 9.89. The molecule has 1 aliphatic carbocycles. The van der Waals surface area contributed by atoms with Gasteiger partial charge in [-0.05, 0) is 39.2 Å². The van der Waals surface area contributed by atoms with Crippen LogP contribution in [0.4, 0.5) is 0 Å². The van der Waals surface area contributed by atoms with E-state index in [1.807, 2.05) is 19.2 Å². The zero-order valence-corrected chi connectivity index (χ0v) is 13.1. The van der Waals surface area contributed by atoms with Crippen molar-refractivity contribution in [1.29, 1.82) is 0 Å². The Kier molecular flexibility index (Phi) is 3.79. The van der Waals surface area contributed by atoms with E-state index in [2.05, 4.69) is 41.6 Å². The number of hydrogen-bond acceptors (Lipinski definition) is 2. The number of guanidine groups is 1. The van der Waals surface area contributed by atoms with Crippen LogP contribution in [0.3, 0.4) is 0 Å². The van der Waals surface area contributed by atoms with Crippen LogP contribution in [-0.2, 0) is 0 Å². The van der Waals surface area contributed by atoms with Crippen LogP contribution in [0.25, 0.3) is 0 Å². The fourth-order valence-corrected chi connectivity index (χ4v) is 3.01. The van der Waals surface area contributed by atoms with E-state index in [1.54, 1.807) is 0 Å². The fraction of sp³-hybridized carbons (Fsp3) is 0.588. The summed E-state index contributed by atoms with van der Waals surface area (Å²) in [6.45, 7) is 4.28. The predicted octanol–water partition coefficient (Wildman–Crippen LogP) is 3.01. The molecule has 0 radical (unpaired) electrons. The highest BCUT2D eigenvalue weighted by Crippen LogP contribution is 2.39. The maximum Gasteiger partial charge on any atom is 0.191 e. The molecule has 114 valence electrons. The molecule has 1 aliphatic heterocycles. The number of hydrogen-bond donors (Lipinski definition) is 2. The van der Waals surface area contributed by atoms with Gasteiger partial charge in [0.25, 0.3) is 0 Å². The standard InChI is InChI=1S/C17H25N3O/c1-17(2)11-14(13-9-4-5-10-15(13)21-17)20-16(18-3)19-12-7-6-8-12/h4-5,9-10,12,14H,6-8,11H2,1-3H3,(H2,18,19,20). The highest BCUT2D eigenvalue weighted by Gasteiger charge is 2.34. The summed E-state index contributed by atoms with van der Waals surface area (Å²) in [6, 6.07) is 9.10. The molecule has 2 aliphatic rings. The van der Waals surface area contributed by atoms with Gasteiger partial charge in [-0.15, -0.1) is 0 Å². The van der Waals surface area contributed by atoms with Crippen LogP contribution >= 0.6 is 0 Å². The second-order valence-corrected chi connectivity index (χ2v) is 6.65. The minimum Gasteiger partial charge on any atom is -0.487 e. The number of benzene rings is 1. The summed E-state index contributed by atoms with van der Waals surface area (Å²) in [7, 11) is 1.84. The minimum absolute atomic E-state index is 0.165. The molecule has 4 nitrogen and oxygen atoms in total. The Balaban J connectivity index is 1.77. The average molecular weight is 287 g/mol. The molecule has 2 N–H and O–H groups in total. The van der Waals surface area contributed by atoms with Gasteiger partial charge in [-0.25, -0.2) is 0 Å². The molecule has 4 heteroatoms. The zero-order valence-electron chi connectivity index (χ0n) is 13.1. The Morgan fingerprint density at radius 3 is 2.67 bits per heavy atom. The normalized spacial score (nSPS) is 24.5. The molecular formula is C17H25N3O. The van der Waals surface area contributed by atoms with Crippen LogP contribution in [0.5, 0.6) is 5.75 Å². The molecule has 0 saturated heterocycles. The quantitative estimate of drug-likeness (QED) is 0.649. The molecule has 3 rings (SSSR count). The molecule has 0 bridgehead atoms. The molecule has 0 aromatic heterocycles. The number of fused-ring (bicyclic) bond motifs is 1. The Bertz CT molecular complexity index is 535. The van der Waals surface area contributed by atoms with E-state index in [9.17, 15) is 0 Å². The van der Waals surface area contributed by atoms with Crippen molar-refractivity contribution in [2.24, 2.45) is 4.99 Å². The third-order valence-corrected chi connectivity index (χ3v) is 4.36. The Morgan fingerprint density at radius 2 is 2.00 bits per heavy atom. The molecule has 1 aromatic rings. The molecule has 21 heavy (non-hydrogen) atoms. The third-order valence-electron chi connectivity index (χ3n) is 4.36. The number of para-hydroxylation sites is 1. The van der Waals surface area contributed by atoms with Crippen molar-refractivity contribution in [2.45, 2.75) is 57.2 Å². The lowest BCUT2D eigenvalue weighted by Crippen LogP contribution is -2.49. The number of nitrogens with zero attached hydrogens (tertiary/aromatic N) is 1. The van der Waals surface area contributed by atoms with Crippen LogP contribution in [0.1, 0.15) is 51.1 Å². The van der Waals surface area contributed by atoms with Gasteiger partial charge in [0, 0.05) is 25.1 Å². The van der Waals surface area contributed by atoms with E-state index in [1.165, 1.54) is 24.8 Å². The Hall–Kier alpha value is -1.71. The maximum absolute atomic E-state index is 6.08. The van der Waals surface area contributed by atoms with Crippen LogP contribution in [0, 0.1) is 0 Å². The minimum atomic E-state index is -0.165. The lowest BCUT2D eigenvalue weighted by molar-refractivity contribution is 0.0693. The van der Waals surface area contributed by atoms with Crippen molar-refractivity contribution in [2.75, 3.05) is 7.05 Å². The van der Waals surface area contributed by atoms with Crippen molar-refractivity contribution in [3.8, 4) is 5.75 Å². The van der Waals surface area contributed by atoms with Gasteiger partial charge in [0.1, 0.15) is 11.4 Å². The predicted molar refractivity (Wildman–Crippen MR) is 85.8 cm³/mol. The first-order valence-electron chi connectivity index (χ1n) is 7.85. The monoisotopic (exact) mass is 287 g/mol. The van der Waals surface area contributed by atoms with Gasteiger partial charge in [-0.2, -0.15) is 0 Å². The average Bonchev–Trinajstić information content (AvgIpc) is 2.40. The lowest BCUT2D eigenvalue weighted by Gasteiger charge is -2.39. The highest BCUT2D eigenvalue weighted by atomic mass is 16.5. The van der Waals surface area contributed by atoms with Gasteiger partial charge in [-0.3, -0.25) is 4.99 Å². The Morgan fingerprint density at radius 1 is 1.24 bits per heavy atom. The maximum atomic E-state index is 6.08. The topological polar surface area (TPSA) is 45.7 Å². The third kappa shape index (κ3) is 3.14. The molecular weight excluding hydrogens is 262 g/mol. The molecule has 1 heterocycles. The van der Waals surface area contributed by atoms with Gasteiger partial charge in [-0.1, -0.05) is 18.2 Å². The van der Waals surface area contributed by atoms with Crippen LogP contribution in [-0.4, -0.2) is 24.7 Å². The summed E-state index contributed by atoms with van der Waals surface area (Å²) in [6.07, 6.45) is 4.74. The van der Waals surface area contributed by atoms with Gasteiger partial charge in [0.05, 0.1) is 6.04 Å². The van der Waals surface area contributed by atoms with Crippen molar-refractivity contribution < 1.29 is 4.74 Å². The molecule has 1 saturated carbocycles. The fourth-order valence-electron chi connectivity index (χ4n) is 3.01. The second kappa shape index (κ2) is 5.58. The molecule has 1 aromatic carbocycles. The van der Waals surface area contributed by atoms with Crippen molar-refractivity contribution in [3.63, 3.8) is 0 Å². The van der Waals surface area contributed by atoms with E-state index in [4.69, 9.17) is 4.74 Å². The first kappa shape index (κ1) is 14.2. The van der Waals surface area contributed by atoms with Crippen molar-refractivity contribution in [3.05, 3.63) is 29.8 Å². The first-order valence-corrected chi connectivity index (χ1v) is 7.85. The van der Waals surface area contributed by atoms with Crippen LogP contribution < -0.4 is 15.4 Å². The molecule has 1 fully saturated rings. The molecule has 0 spiro atoms. The first-order chi connectivity index (χ1) is 10.1. The van der Waals surface area contributed by atoms with E-state index in [0.29, 0.717) is 6.04 Å². The molecule has 1 atom stereocenters. The smallest absolute Gasteiger partial charge is 0.191 e. The van der Waals surface area contributed by atoms with Crippen molar-refractivity contribution >= 4 is 5.96 Å². The van der Waals surface area contributed by atoms with E-state index in [-0.39, 0.29) is 11.6 Å². The highest BCUT2D eigenvalue weighted by molar-refractivity contribution is 5.80. The number of ether oxygens (including phenoxy) is 1. The van der Waals surface area contributed by atoms with Gasteiger partial charge in [0.2, 0.25) is 0 Å². The van der Waals surface area contributed by atoms with Crippen LogP contribution in [0.2, 0.25) is 0 Å². The summed E-state index contributed by atoms with van der Waals surface area (Å²) < 4.78 is 6.08. The summed E-state index contributed by atoms with van der Waals surface area (Å²) in [5.74, 6) is 1.88. The summed E-state index contributed by atoms with van der Waals surface area (Å²) in [4.78, 5) is 4.38. The van der Waals surface area contributed by atoms with E-state index in [0.717, 1.165) is 18.1 Å². The Labute approximate surface area is 127 Å². The van der Waals surface area contributed by atoms with Gasteiger partial charge >= 0.3 is 0 Å². The largest absolute Gasteiger partial charge is 0.487 e. The van der Waals surface area contributed by atoms with E-state index < -0.39 is 0 Å². The second-order valence-electron chi connectivity index (χ2n) is 6.65. The molecule has 0 amide bonds. The molecule has 1 unspecified atom stereocenters. The summed E-state index contributed by atoms with van der Waals surface area (Å²) in [5, 5.41) is 7.08. The van der Waals surface area contributed by atoms with Gasteiger partial charge in [0.15, 0.2) is 5.96 Å². The van der Waals surface area contributed by atoms with Crippen LogP contribution in [0.15, 0.2) is 29.3 Å². The number of rotatable bonds is 2. The number of nitrogens with one attached hydrogen (secondary N) is 2. The number of aliphatic imine (C=N–C) groups is 1. The SMILES string of the molecule is CN=C(NC1CCC1)NC1CC(C)(C)Oc2ccccc21. The zero-order chi connectivity index (χ0) is 14.9. The van der Waals surface area contributed by atoms with Crippen molar-refractivity contribution in [1.82, 2.24) is 10.6 Å². The summed E-state index contributed by atoms with van der Waals surface area (Å²) in [5.41, 5.74) is 1.05. The summed E-state index contributed by atoms with van der Waals surface area (Å²) >= 11 is 0.